The summed E-state index contributed by atoms with van der Waals surface area (Å²) in [7, 11) is 0. The number of benzene rings is 1. The largest absolute Gasteiger partial charge is 0.373 e. The molecule has 0 aliphatic carbocycles. The molecular formula is C25H28FN5O3. The number of halogens is 1. The molecule has 0 fully saturated rings. The van der Waals surface area contributed by atoms with E-state index in [-0.39, 0.29) is 36.2 Å². The summed E-state index contributed by atoms with van der Waals surface area (Å²) in [5.74, 6) is -0.388. The maximum atomic E-state index is 13.4. The van der Waals surface area contributed by atoms with Crippen molar-refractivity contribution in [2.24, 2.45) is 5.92 Å². The molecule has 3 heterocycles. The van der Waals surface area contributed by atoms with Crippen molar-refractivity contribution in [1.29, 1.82) is 0 Å². The van der Waals surface area contributed by atoms with E-state index in [0.717, 1.165) is 5.56 Å². The minimum atomic E-state index is -0.408. The first-order valence-corrected chi connectivity index (χ1v) is 11.3. The van der Waals surface area contributed by atoms with Crippen LogP contribution in [-0.4, -0.2) is 33.0 Å². The van der Waals surface area contributed by atoms with Crippen LogP contribution in [0.1, 0.15) is 70.8 Å². The number of nitrogens with one attached hydrogen (secondary N) is 2. The fourth-order valence-corrected chi connectivity index (χ4v) is 4.10. The zero-order valence-corrected chi connectivity index (χ0v) is 19.4. The Labute approximate surface area is 197 Å². The third kappa shape index (κ3) is 4.99. The van der Waals surface area contributed by atoms with Gasteiger partial charge in [-0.2, -0.15) is 0 Å². The Hall–Kier alpha value is -3.59. The highest BCUT2D eigenvalue weighted by molar-refractivity contribution is 6.01. The highest BCUT2D eigenvalue weighted by Gasteiger charge is 2.28. The molecule has 0 radical (unpaired) electrons. The molecule has 1 aromatic carbocycles. The van der Waals surface area contributed by atoms with Gasteiger partial charge >= 0.3 is 0 Å². The molecule has 34 heavy (non-hydrogen) atoms. The summed E-state index contributed by atoms with van der Waals surface area (Å²) in [5.41, 5.74) is 2.24. The summed E-state index contributed by atoms with van der Waals surface area (Å²) in [6, 6.07) is 8.71. The molecule has 0 saturated carbocycles. The molecule has 178 valence electrons. The monoisotopic (exact) mass is 465 g/mol. The Balaban J connectivity index is 1.59. The predicted octanol–water partition coefficient (Wildman–Crippen LogP) is 3.57. The fraction of sp³-hybridized carbons (Fsp3) is 0.360. The molecule has 8 nitrogen and oxygen atoms in total. The maximum Gasteiger partial charge on any atom is 0.268 e. The van der Waals surface area contributed by atoms with Crippen LogP contribution in [0, 0.1) is 11.7 Å². The highest BCUT2D eigenvalue weighted by atomic mass is 19.1. The van der Waals surface area contributed by atoms with Gasteiger partial charge < -0.3 is 19.9 Å². The van der Waals surface area contributed by atoms with Gasteiger partial charge in [0.1, 0.15) is 17.3 Å². The van der Waals surface area contributed by atoms with E-state index in [0.29, 0.717) is 35.9 Å². The van der Waals surface area contributed by atoms with Crippen LogP contribution in [0.4, 0.5) is 4.39 Å². The van der Waals surface area contributed by atoms with Crippen LogP contribution in [0.15, 0.2) is 48.8 Å². The Bertz CT molecular complexity index is 1160. The van der Waals surface area contributed by atoms with Gasteiger partial charge in [-0.15, -0.1) is 0 Å². The number of carbonyl (C=O) groups is 2. The van der Waals surface area contributed by atoms with Gasteiger partial charge in [-0.1, -0.05) is 26.0 Å². The van der Waals surface area contributed by atoms with E-state index in [1.807, 2.05) is 18.4 Å². The number of nitrogens with zero attached hydrogens (tertiary/aromatic N) is 3. The molecule has 9 heteroatoms. The van der Waals surface area contributed by atoms with E-state index < -0.39 is 6.04 Å². The number of hydrogen-bond donors (Lipinski definition) is 2. The lowest BCUT2D eigenvalue weighted by atomic mass is 9.96. The number of carbonyl (C=O) groups excluding carboxylic acids is 2. The highest BCUT2D eigenvalue weighted by Crippen LogP contribution is 2.25. The van der Waals surface area contributed by atoms with Gasteiger partial charge in [0.15, 0.2) is 0 Å². The van der Waals surface area contributed by atoms with Crippen molar-refractivity contribution in [1.82, 2.24) is 25.2 Å². The van der Waals surface area contributed by atoms with Crippen molar-refractivity contribution in [3.05, 3.63) is 82.9 Å². The van der Waals surface area contributed by atoms with Crippen LogP contribution >= 0.6 is 0 Å². The van der Waals surface area contributed by atoms with Crippen molar-refractivity contribution in [3.63, 3.8) is 0 Å². The summed E-state index contributed by atoms with van der Waals surface area (Å²) < 4.78 is 20.8. The Morgan fingerprint density at radius 3 is 2.44 bits per heavy atom. The topological polar surface area (TPSA) is 98.1 Å². The van der Waals surface area contributed by atoms with Gasteiger partial charge in [-0.05, 0) is 42.7 Å². The van der Waals surface area contributed by atoms with Crippen molar-refractivity contribution >= 4 is 11.8 Å². The molecule has 0 bridgehead atoms. The van der Waals surface area contributed by atoms with Gasteiger partial charge in [-0.25, -0.2) is 14.4 Å². The first-order chi connectivity index (χ1) is 16.3. The number of hydrogen-bond acceptors (Lipinski definition) is 5. The van der Waals surface area contributed by atoms with Crippen LogP contribution in [0.3, 0.4) is 0 Å². The normalized spacial score (nSPS) is 14.9. The van der Waals surface area contributed by atoms with Crippen molar-refractivity contribution < 1.29 is 18.7 Å². The number of aromatic nitrogens is 3. The lowest BCUT2D eigenvalue weighted by Gasteiger charge is -2.24. The Morgan fingerprint density at radius 2 is 1.76 bits per heavy atom. The van der Waals surface area contributed by atoms with Crippen molar-refractivity contribution in [2.45, 2.75) is 46.0 Å². The SMILES string of the molecule is CC(C)[C@@H](NC(=O)c1cc(C(=O)N[C@@H](C)c2ncccn2)c2n1CCOC2)c1ccc(F)cc1. The van der Waals surface area contributed by atoms with Gasteiger partial charge in [-0.3, -0.25) is 9.59 Å². The van der Waals surface area contributed by atoms with Gasteiger partial charge in [0, 0.05) is 18.9 Å². The summed E-state index contributed by atoms with van der Waals surface area (Å²) >= 11 is 0. The van der Waals surface area contributed by atoms with Crippen molar-refractivity contribution in [2.75, 3.05) is 6.61 Å². The lowest BCUT2D eigenvalue weighted by molar-refractivity contribution is 0.0771. The molecule has 2 N–H and O–H groups in total. The van der Waals surface area contributed by atoms with E-state index in [1.165, 1.54) is 12.1 Å². The number of ether oxygens (including phenoxy) is 1. The predicted molar refractivity (Wildman–Crippen MR) is 123 cm³/mol. The van der Waals surface area contributed by atoms with Crippen LogP contribution in [-0.2, 0) is 17.9 Å². The smallest absolute Gasteiger partial charge is 0.268 e. The molecule has 2 aromatic heterocycles. The quantitative estimate of drug-likeness (QED) is 0.556. The second kappa shape index (κ2) is 10.1. The number of fused-ring (bicyclic) bond motifs is 1. The molecule has 2 atom stereocenters. The molecule has 1 aliphatic rings. The van der Waals surface area contributed by atoms with E-state index in [1.54, 1.807) is 43.6 Å². The van der Waals surface area contributed by atoms with Crippen LogP contribution in [0.5, 0.6) is 0 Å². The average molecular weight is 466 g/mol. The maximum absolute atomic E-state index is 13.4. The van der Waals surface area contributed by atoms with Crippen molar-refractivity contribution in [3.8, 4) is 0 Å². The molecule has 4 rings (SSSR count). The van der Waals surface area contributed by atoms with E-state index in [4.69, 9.17) is 4.74 Å². The number of rotatable bonds is 7. The summed E-state index contributed by atoms with van der Waals surface area (Å²) in [6.45, 7) is 6.92. The third-order valence-corrected chi connectivity index (χ3v) is 5.89. The Morgan fingerprint density at radius 1 is 1.06 bits per heavy atom. The molecule has 2 amide bonds. The standard InChI is InChI=1S/C25H28FN5O3/c1-15(2)22(17-5-7-18(26)8-6-17)30-25(33)20-13-19(21-14-34-12-11-31(20)21)24(32)29-16(3)23-27-9-4-10-28-23/h4-10,13,15-16,22H,11-12,14H2,1-3H3,(H,29,32)(H,30,33)/t16-,22+/m0/s1. The second-order valence-corrected chi connectivity index (χ2v) is 8.64. The summed E-state index contributed by atoms with van der Waals surface area (Å²) in [6.07, 6.45) is 3.24. The third-order valence-electron chi connectivity index (χ3n) is 5.89. The zero-order valence-electron chi connectivity index (χ0n) is 19.4. The fourth-order valence-electron chi connectivity index (χ4n) is 4.10. The minimum Gasteiger partial charge on any atom is -0.373 e. The molecule has 1 aliphatic heterocycles. The van der Waals surface area contributed by atoms with Crippen LogP contribution < -0.4 is 10.6 Å². The van der Waals surface area contributed by atoms with Gasteiger partial charge in [0.05, 0.1) is 36.6 Å². The molecule has 3 aromatic rings. The first-order valence-electron chi connectivity index (χ1n) is 11.3. The molecule has 0 unspecified atom stereocenters. The Kier molecular flexibility index (Phi) is 7.02. The van der Waals surface area contributed by atoms with Gasteiger partial charge in [0.25, 0.3) is 11.8 Å². The van der Waals surface area contributed by atoms with Crippen LogP contribution in [0.2, 0.25) is 0 Å². The second-order valence-electron chi connectivity index (χ2n) is 8.64. The number of amides is 2. The lowest BCUT2D eigenvalue weighted by Crippen LogP contribution is -2.34. The zero-order chi connectivity index (χ0) is 24.2. The van der Waals surface area contributed by atoms with E-state index in [9.17, 15) is 14.0 Å². The summed E-state index contributed by atoms with van der Waals surface area (Å²) in [5, 5.41) is 5.97. The first kappa shape index (κ1) is 23.6. The molecule has 0 saturated heterocycles. The molecular weight excluding hydrogens is 437 g/mol. The van der Waals surface area contributed by atoms with E-state index >= 15 is 0 Å². The van der Waals surface area contributed by atoms with Gasteiger partial charge in [0.2, 0.25) is 0 Å². The minimum absolute atomic E-state index is 0.0722. The van der Waals surface area contributed by atoms with E-state index in [2.05, 4.69) is 20.6 Å². The summed E-state index contributed by atoms with van der Waals surface area (Å²) in [4.78, 5) is 34.8. The molecule has 0 spiro atoms. The average Bonchev–Trinajstić information content (AvgIpc) is 3.23. The van der Waals surface area contributed by atoms with Crippen LogP contribution in [0.25, 0.3) is 0 Å².